The van der Waals surface area contributed by atoms with Crippen molar-refractivity contribution in [3.8, 4) is 11.3 Å². The van der Waals surface area contributed by atoms with Crippen molar-refractivity contribution in [1.29, 1.82) is 0 Å². The van der Waals surface area contributed by atoms with Crippen LogP contribution in [0.1, 0.15) is 22.8 Å². The van der Waals surface area contributed by atoms with E-state index in [4.69, 9.17) is 0 Å². The van der Waals surface area contributed by atoms with E-state index in [0.29, 0.717) is 41.5 Å². The Hall–Kier alpha value is -4.79. The fourth-order valence-electron chi connectivity index (χ4n) is 3.32. The number of carbonyl (C=O) groups excluding carboxylic acids is 2. The molecule has 3 amide bonds. The lowest BCUT2D eigenvalue weighted by molar-refractivity contribution is 0.102. The van der Waals surface area contributed by atoms with Gasteiger partial charge in [-0.05, 0) is 55.0 Å². The van der Waals surface area contributed by atoms with Crippen LogP contribution in [-0.4, -0.2) is 33.4 Å². The number of urea groups is 1. The molecule has 4 N–H and O–H groups in total. The summed E-state index contributed by atoms with van der Waals surface area (Å²) in [7, 11) is 0. The van der Waals surface area contributed by atoms with E-state index in [1.165, 1.54) is 0 Å². The first-order chi connectivity index (χ1) is 17.1. The first kappa shape index (κ1) is 23.4. The number of hydrogen-bond donors (Lipinski definition) is 4. The van der Waals surface area contributed by atoms with Crippen molar-refractivity contribution in [2.24, 2.45) is 0 Å². The molecule has 0 unspecified atom stereocenters. The number of aromatic nitrogens is 3. The number of nitrogens with zero attached hydrogens (tertiary/aromatic N) is 3. The van der Waals surface area contributed by atoms with Gasteiger partial charge in [0.2, 0.25) is 0 Å². The second-order valence-electron chi connectivity index (χ2n) is 7.56. The maximum absolute atomic E-state index is 12.8. The second kappa shape index (κ2) is 11.4. The quantitative estimate of drug-likeness (QED) is 0.302. The molecule has 0 aliphatic rings. The Balaban J connectivity index is 1.43. The standard InChI is InChI=1S/C26H25N7O2/c1-2-29-24-22(25(34)31-21-11-14-27-15-12-21)9-10-23(33-24)19-5-7-20(8-6-19)32-26(35)30-17-18-4-3-13-28-16-18/h3-16H,2,17H2,1H3,(H,29,33)(H,27,31,34)(H2,30,32,35). The van der Waals surface area contributed by atoms with Crippen LogP contribution in [0.4, 0.5) is 22.0 Å². The van der Waals surface area contributed by atoms with Gasteiger partial charge >= 0.3 is 6.03 Å². The van der Waals surface area contributed by atoms with Crippen molar-refractivity contribution in [3.05, 3.63) is 96.6 Å². The fourth-order valence-corrected chi connectivity index (χ4v) is 3.32. The zero-order valence-corrected chi connectivity index (χ0v) is 19.2. The van der Waals surface area contributed by atoms with Crippen LogP contribution in [-0.2, 0) is 6.54 Å². The molecule has 1 aromatic carbocycles. The van der Waals surface area contributed by atoms with Gasteiger partial charge in [0.15, 0.2) is 0 Å². The van der Waals surface area contributed by atoms with Crippen LogP contribution in [0.2, 0.25) is 0 Å². The number of amides is 3. The van der Waals surface area contributed by atoms with E-state index in [2.05, 4.69) is 36.2 Å². The van der Waals surface area contributed by atoms with Crippen LogP contribution in [0.5, 0.6) is 0 Å². The molecule has 0 saturated carbocycles. The first-order valence-electron chi connectivity index (χ1n) is 11.1. The third-order valence-corrected chi connectivity index (χ3v) is 5.04. The number of benzene rings is 1. The average molecular weight is 468 g/mol. The Labute approximate surface area is 203 Å². The summed E-state index contributed by atoms with van der Waals surface area (Å²) < 4.78 is 0. The molecular weight excluding hydrogens is 442 g/mol. The van der Waals surface area contributed by atoms with Crippen LogP contribution in [0.15, 0.2) is 85.5 Å². The van der Waals surface area contributed by atoms with Gasteiger partial charge in [0.25, 0.3) is 5.91 Å². The van der Waals surface area contributed by atoms with Gasteiger partial charge in [-0.25, -0.2) is 9.78 Å². The molecule has 9 nitrogen and oxygen atoms in total. The predicted octanol–water partition coefficient (Wildman–Crippen LogP) is 4.54. The monoisotopic (exact) mass is 467 g/mol. The summed E-state index contributed by atoms with van der Waals surface area (Å²) in [6.07, 6.45) is 6.63. The Kier molecular flexibility index (Phi) is 7.59. The number of anilines is 3. The number of rotatable bonds is 8. The molecule has 0 radical (unpaired) electrons. The van der Waals surface area contributed by atoms with E-state index in [-0.39, 0.29) is 11.9 Å². The SMILES string of the molecule is CCNc1nc(-c2ccc(NC(=O)NCc3cccnc3)cc2)ccc1C(=O)Nc1ccncc1. The lowest BCUT2D eigenvalue weighted by atomic mass is 10.1. The summed E-state index contributed by atoms with van der Waals surface area (Å²) in [4.78, 5) is 37.6. The molecule has 35 heavy (non-hydrogen) atoms. The van der Waals surface area contributed by atoms with E-state index >= 15 is 0 Å². The van der Waals surface area contributed by atoms with Gasteiger partial charge in [-0.3, -0.25) is 14.8 Å². The van der Waals surface area contributed by atoms with Gasteiger partial charge in [0.1, 0.15) is 5.82 Å². The van der Waals surface area contributed by atoms with Crippen LogP contribution in [0.25, 0.3) is 11.3 Å². The molecule has 0 aliphatic carbocycles. The minimum Gasteiger partial charge on any atom is -0.370 e. The van der Waals surface area contributed by atoms with Gasteiger partial charge in [-0.2, -0.15) is 0 Å². The molecule has 3 aromatic heterocycles. The van der Waals surface area contributed by atoms with Gasteiger partial charge in [-0.1, -0.05) is 18.2 Å². The lowest BCUT2D eigenvalue weighted by Gasteiger charge is -2.13. The highest BCUT2D eigenvalue weighted by Crippen LogP contribution is 2.24. The topological polar surface area (TPSA) is 121 Å². The summed E-state index contributed by atoms with van der Waals surface area (Å²) in [5.74, 6) is 0.233. The Morgan fingerprint density at radius 3 is 2.31 bits per heavy atom. The molecule has 176 valence electrons. The second-order valence-corrected chi connectivity index (χ2v) is 7.56. The number of nitrogens with one attached hydrogen (secondary N) is 4. The molecule has 0 fully saturated rings. The molecule has 0 atom stereocenters. The highest BCUT2D eigenvalue weighted by molar-refractivity contribution is 6.07. The molecular formula is C26H25N7O2. The molecule has 0 spiro atoms. The van der Waals surface area contributed by atoms with Gasteiger partial charge in [0, 0.05) is 54.8 Å². The van der Waals surface area contributed by atoms with Gasteiger partial charge < -0.3 is 21.3 Å². The van der Waals surface area contributed by atoms with Crippen molar-refractivity contribution in [1.82, 2.24) is 20.3 Å². The highest BCUT2D eigenvalue weighted by atomic mass is 16.2. The highest BCUT2D eigenvalue weighted by Gasteiger charge is 2.14. The molecule has 0 bridgehead atoms. The van der Waals surface area contributed by atoms with E-state index < -0.39 is 0 Å². The molecule has 0 saturated heterocycles. The minimum atomic E-state index is -0.307. The maximum Gasteiger partial charge on any atom is 0.319 e. The summed E-state index contributed by atoms with van der Waals surface area (Å²) in [6.45, 7) is 2.94. The maximum atomic E-state index is 12.8. The molecule has 0 aliphatic heterocycles. The third kappa shape index (κ3) is 6.38. The van der Waals surface area contributed by atoms with Crippen LogP contribution in [0, 0.1) is 0 Å². The normalized spacial score (nSPS) is 10.3. The van der Waals surface area contributed by atoms with E-state index in [1.54, 1.807) is 61.2 Å². The van der Waals surface area contributed by atoms with Crippen molar-refractivity contribution < 1.29 is 9.59 Å². The van der Waals surface area contributed by atoms with Gasteiger partial charge in [-0.15, -0.1) is 0 Å². The van der Waals surface area contributed by atoms with Crippen molar-refractivity contribution in [3.63, 3.8) is 0 Å². The molecule has 4 rings (SSSR count). The summed E-state index contributed by atoms with van der Waals surface area (Å²) >= 11 is 0. The van der Waals surface area contributed by atoms with E-state index in [0.717, 1.165) is 11.1 Å². The van der Waals surface area contributed by atoms with E-state index in [9.17, 15) is 9.59 Å². The zero-order chi connectivity index (χ0) is 24.5. The summed E-state index contributed by atoms with van der Waals surface area (Å²) in [5.41, 5.74) is 4.22. The predicted molar refractivity (Wildman–Crippen MR) is 136 cm³/mol. The van der Waals surface area contributed by atoms with E-state index in [1.807, 2.05) is 31.2 Å². The van der Waals surface area contributed by atoms with Crippen LogP contribution < -0.4 is 21.3 Å². The Morgan fingerprint density at radius 2 is 1.60 bits per heavy atom. The summed E-state index contributed by atoms with van der Waals surface area (Å²) in [5, 5.41) is 11.6. The van der Waals surface area contributed by atoms with Crippen LogP contribution in [0.3, 0.4) is 0 Å². The van der Waals surface area contributed by atoms with Crippen molar-refractivity contribution in [2.75, 3.05) is 22.5 Å². The smallest absolute Gasteiger partial charge is 0.319 e. The number of hydrogen-bond acceptors (Lipinski definition) is 6. The van der Waals surface area contributed by atoms with Crippen molar-refractivity contribution in [2.45, 2.75) is 13.5 Å². The lowest BCUT2D eigenvalue weighted by Crippen LogP contribution is -2.28. The molecule has 3 heterocycles. The molecule has 9 heteroatoms. The fraction of sp³-hybridized carbons (Fsp3) is 0.115. The largest absolute Gasteiger partial charge is 0.370 e. The zero-order valence-electron chi connectivity index (χ0n) is 19.2. The minimum absolute atomic E-state index is 0.261. The van der Waals surface area contributed by atoms with Gasteiger partial charge in [0.05, 0.1) is 11.3 Å². The molecule has 4 aromatic rings. The Morgan fingerprint density at radius 1 is 0.829 bits per heavy atom. The van der Waals surface area contributed by atoms with Crippen molar-refractivity contribution >= 4 is 29.1 Å². The number of pyridine rings is 3. The Bertz CT molecular complexity index is 1280. The third-order valence-electron chi connectivity index (χ3n) is 5.04. The number of carbonyl (C=O) groups is 2. The summed E-state index contributed by atoms with van der Waals surface area (Å²) in [6, 6.07) is 17.7. The average Bonchev–Trinajstić information content (AvgIpc) is 2.89. The first-order valence-corrected chi connectivity index (χ1v) is 11.1. The van der Waals surface area contributed by atoms with Crippen LogP contribution >= 0.6 is 0 Å².